The van der Waals surface area contributed by atoms with Crippen molar-refractivity contribution in [3.63, 3.8) is 0 Å². The number of carboxylic acid groups (broad SMARTS) is 1. The van der Waals surface area contributed by atoms with E-state index in [-0.39, 0.29) is 0 Å². The van der Waals surface area contributed by atoms with Crippen molar-refractivity contribution in [3.05, 3.63) is 0 Å². The van der Waals surface area contributed by atoms with Crippen molar-refractivity contribution in [1.82, 2.24) is 10.2 Å². The molecule has 3 atom stereocenters. The van der Waals surface area contributed by atoms with Gasteiger partial charge in [-0.3, -0.25) is 4.79 Å². The lowest BCUT2D eigenvalue weighted by Crippen LogP contribution is -2.52. The Hall–Kier alpha value is -0.610. The average Bonchev–Trinajstić information content (AvgIpc) is 2.47. The van der Waals surface area contributed by atoms with Crippen molar-refractivity contribution >= 4 is 5.97 Å². The van der Waals surface area contributed by atoms with Crippen LogP contribution in [0.25, 0.3) is 0 Å². The first kappa shape index (κ1) is 18.4. The highest BCUT2D eigenvalue weighted by Gasteiger charge is 2.35. The van der Waals surface area contributed by atoms with E-state index in [0.29, 0.717) is 12.5 Å². The number of rotatable bonds is 9. The van der Waals surface area contributed by atoms with Crippen molar-refractivity contribution in [3.8, 4) is 0 Å². The van der Waals surface area contributed by atoms with Gasteiger partial charge in [0.25, 0.3) is 0 Å². The Morgan fingerprint density at radius 2 is 2.10 bits per heavy atom. The SMILES string of the molecule is CCCNC(CC)(CCCN1CCCC(C)C1C)C(=O)O. The van der Waals surface area contributed by atoms with Gasteiger partial charge in [-0.1, -0.05) is 20.8 Å². The molecular weight excluding hydrogens is 264 g/mol. The van der Waals surface area contributed by atoms with Crippen LogP contribution in [0.2, 0.25) is 0 Å². The van der Waals surface area contributed by atoms with Crippen LogP contribution in [0.1, 0.15) is 66.2 Å². The lowest BCUT2D eigenvalue weighted by atomic mass is 9.88. The Kier molecular flexibility index (Phi) is 7.67. The standard InChI is InChI=1S/C17H34N2O2/c1-5-11-18-17(6-2,16(20)21)10-8-13-19-12-7-9-14(3)15(19)4/h14-15,18H,5-13H2,1-4H3,(H,20,21). The second-order valence-corrected chi connectivity index (χ2v) is 6.67. The molecule has 0 aromatic heterocycles. The lowest BCUT2D eigenvalue weighted by Gasteiger charge is -2.38. The Morgan fingerprint density at radius 3 is 2.67 bits per heavy atom. The van der Waals surface area contributed by atoms with Crippen molar-refractivity contribution < 1.29 is 9.90 Å². The Labute approximate surface area is 130 Å². The molecule has 4 nitrogen and oxygen atoms in total. The summed E-state index contributed by atoms with van der Waals surface area (Å²) >= 11 is 0. The Morgan fingerprint density at radius 1 is 1.38 bits per heavy atom. The van der Waals surface area contributed by atoms with Crippen LogP contribution in [0.5, 0.6) is 0 Å². The molecule has 0 aromatic carbocycles. The molecule has 1 saturated heterocycles. The maximum atomic E-state index is 11.7. The van der Waals surface area contributed by atoms with Crippen molar-refractivity contribution in [2.45, 2.75) is 77.8 Å². The van der Waals surface area contributed by atoms with E-state index >= 15 is 0 Å². The number of aliphatic carboxylic acids is 1. The molecule has 4 heteroatoms. The minimum Gasteiger partial charge on any atom is -0.480 e. The maximum absolute atomic E-state index is 11.7. The van der Waals surface area contributed by atoms with Gasteiger partial charge in [0.1, 0.15) is 5.54 Å². The molecule has 21 heavy (non-hydrogen) atoms. The van der Waals surface area contributed by atoms with Crippen molar-refractivity contribution in [2.24, 2.45) is 5.92 Å². The summed E-state index contributed by atoms with van der Waals surface area (Å²) in [5.41, 5.74) is -0.735. The van der Waals surface area contributed by atoms with Crippen LogP contribution in [0.15, 0.2) is 0 Å². The molecule has 0 spiro atoms. The van der Waals surface area contributed by atoms with Gasteiger partial charge in [-0.15, -0.1) is 0 Å². The summed E-state index contributed by atoms with van der Waals surface area (Å²) in [6.07, 6.45) is 5.88. The largest absolute Gasteiger partial charge is 0.480 e. The molecule has 0 amide bonds. The number of hydrogen-bond donors (Lipinski definition) is 2. The molecule has 1 fully saturated rings. The molecule has 2 N–H and O–H groups in total. The monoisotopic (exact) mass is 298 g/mol. The number of likely N-dealkylation sites (tertiary alicyclic amines) is 1. The van der Waals surface area contributed by atoms with Crippen molar-refractivity contribution in [1.29, 1.82) is 0 Å². The van der Waals surface area contributed by atoms with Crippen LogP contribution >= 0.6 is 0 Å². The van der Waals surface area contributed by atoms with Gasteiger partial charge in [0, 0.05) is 6.04 Å². The van der Waals surface area contributed by atoms with Crippen LogP contribution < -0.4 is 5.32 Å². The van der Waals surface area contributed by atoms with E-state index in [1.165, 1.54) is 19.4 Å². The van der Waals surface area contributed by atoms with Crippen LogP contribution in [-0.2, 0) is 4.79 Å². The van der Waals surface area contributed by atoms with E-state index in [0.717, 1.165) is 38.3 Å². The molecule has 124 valence electrons. The van der Waals surface area contributed by atoms with Gasteiger partial charge < -0.3 is 15.3 Å². The van der Waals surface area contributed by atoms with E-state index in [4.69, 9.17) is 0 Å². The molecular formula is C17H34N2O2. The van der Waals surface area contributed by atoms with Gasteiger partial charge in [0.2, 0.25) is 0 Å². The fourth-order valence-electron chi connectivity index (χ4n) is 3.41. The summed E-state index contributed by atoms with van der Waals surface area (Å²) in [7, 11) is 0. The highest BCUT2D eigenvalue weighted by atomic mass is 16.4. The molecule has 0 aliphatic carbocycles. The number of nitrogens with one attached hydrogen (secondary N) is 1. The molecule has 0 radical (unpaired) electrons. The molecule has 1 aliphatic rings. The second kappa shape index (κ2) is 8.74. The first-order valence-corrected chi connectivity index (χ1v) is 8.69. The number of carbonyl (C=O) groups is 1. The minimum absolute atomic E-state index is 0.628. The zero-order chi connectivity index (χ0) is 15.9. The Balaban J connectivity index is 2.51. The molecule has 1 aliphatic heterocycles. The number of piperidine rings is 1. The van der Waals surface area contributed by atoms with Crippen LogP contribution in [-0.4, -0.2) is 47.2 Å². The molecule has 0 bridgehead atoms. The Bertz CT molecular complexity index is 322. The first-order chi connectivity index (χ1) is 9.96. The van der Waals surface area contributed by atoms with Crippen molar-refractivity contribution in [2.75, 3.05) is 19.6 Å². The number of hydrogen-bond acceptors (Lipinski definition) is 3. The second-order valence-electron chi connectivity index (χ2n) is 6.67. The predicted octanol–water partition coefficient (Wildman–Crippen LogP) is 3.12. The third kappa shape index (κ3) is 4.96. The fourth-order valence-corrected chi connectivity index (χ4v) is 3.41. The molecule has 0 saturated carbocycles. The summed E-state index contributed by atoms with van der Waals surface area (Å²) in [5, 5.41) is 12.9. The topological polar surface area (TPSA) is 52.6 Å². The normalized spacial score (nSPS) is 26.5. The lowest BCUT2D eigenvalue weighted by molar-refractivity contribution is -0.145. The predicted molar refractivity (Wildman–Crippen MR) is 87.6 cm³/mol. The maximum Gasteiger partial charge on any atom is 0.323 e. The summed E-state index contributed by atoms with van der Waals surface area (Å²) in [5.74, 6) is 0.0610. The summed E-state index contributed by atoms with van der Waals surface area (Å²) < 4.78 is 0. The van der Waals surface area contributed by atoms with E-state index in [1.807, 2.05) is 6.92 Å². The summed E-state index contributed by atoms with van der Waals surface area (Å²) in [4.78, 5) is 14.2. The van der Waals surface area contributed by atoms with Crippen LogP contribution in [0.4, 0.5) is 0 Å². The number of carboxylic acids is 1. The summed E-state index contributed by atoms with van der Waals surface area (Å²) in [6.45, 7) is 11.6. The van der Waals surface area contributed by atoms with Gasteiger partial charge in [-0.2, -0.15) is 0 Å². The molecule has 0 aromatic rings. The van der Waals surface area contributed by atoms with Gasteiger partial charge >= 0.3 is 5.97 Å². The van der Waals surface area contributed by atoms with Gasteiger partial charge in [0.05, 0.1) is 0 Å². The highest BCUT2D eigenvalue weighted by Crippen LogP contribution is 2.24. The van der Waals surface area contributed by atoms with E-state index in [9.17, 15) is 9.90 Å². The minimum atomic E-state index is -0.735. The fraction of sp³-hybridized carbons (Fsp3) is 0.941. The average molecular weight is 298 g/mol. The van der Waals surface area contributed by atoms with E-state index in [2.05, 4.69) is 31.0 Å². The molecule has 1 rings (SSSR count). The highest BCUT2D eigenvalue weighted by molar-refractivity contribution is 5.78. The first-order valence-electron chi connectivity index (χ1n) is 8.69. The van der Waals surface area contributed by atoms with E-state index < -0.39 is 11.5 Å². The van der Waals surface area contributed by atoms with E-state index in [1.54, 1.807) is 0 Å². The quantitative estimate of drug-likeness (QED) is 0.687. The third-order valence-corrected chi connectivity index (χ3v) is 5.28. The zero-order valence-corrected chi connectivity index (χ0v) is 14.3. The molecule has 3 unspecified atom stereocenters. The van der Waals surface area contributed by atoms with Gasteiger partial charge in [0.15, 0.2) is 0 Å². The van der Waals surface area contributed by atoms with Gasteiger partial charge in [-0.25, -0.2) is 0 Å². The number of nitrogens with zero attached hydrogens (tertiary/aromatic N) is 1. The third-order valence-electron chi connectivity index (χ3n) is 5.28. The van der Waals surface area contributed by atoms with Gasteiger partial charge in [-0.05, 0) is 71.0 Å². The van der Waals surface area contributed by atoms with Crippen LogP contribution in [0.3, 0.4) is 0 Å². The summed E-state index contributed by atoms with van der Waals surface area (Å²) in [6, 6.07) is 0.628. The van der Waals surface area contributed by atoms with Crippen LogP contribution in [0, 0.1) is 5.92 Å². The zero-order valence-electron chi connectivity index (χ0n) is 14.3. The smallest absolute Gasteiger partial charge is 0.323 e. The molecule has 1 heterocycles.